The molecule has 0 amide bonds. The number of pyridine rings is 1. The van der Waals surface area contributed by atoms with Gasteiger partial charge in [-0.3, -0.25) is 0 Å². The lowest BCUT2D eigenvalue weighted by Crippen LogP contribution is -1.80. The van der Waals surface area contributed by atoms with E-state index in [-0.39, 0.29) is 0 Å². The molecule has 0 aliphatic carbocycles. The first-order valence-electron chi connectivity index (χ1n) is 3.96. The number of hydrogen-bond donors (Lipinski definition) is 0. The van der Waals surface area contributed by atoms with Gasteiger partial charge in [0.05, 0.1) is 9.77 Å². The van der Waals surface area contributed by atoms with Gasteiger partial charge in [-0.05, 0) is 23.6 Å². The average molecular weight is 218 g/mol. The number of thiophene rings is 1. The van der Waals surface area contributed by atoms with Crippen molar-refractivity contribution >= 4 is 23.1 Å². The highest BCUT2D eigenvalue weighted by Gasteiger charge is 1.99. The molecule has 0 fully saturated rings. The summed E-state index contributed by atoms with van der Waals surface area (Å²) in [4.78, 5) is 4.17. The second-order valence-corrected chi connectivity index (χ2v) is 4.80. The Morgan fingerprint density at radius 3 is 2.86 bits per heavy atom. The van der Waals surface area contributed by atoms with Crippen molar-refractivity contribution in [2.75, 3.05) is 0 Å². The Balaban J connectivity index is 2.15. The van der Waals surface area contributed by atoms with Gasteiger partial charge < -0.3 is 0 Å². The van der Waals surface area contributed by atoms with Crippen molar-refractivity contribution in [1.82, 2.24) is 4.98 Å². The normalized spacial score (nSPS) is 9.64. The summed E-state index contributed by atoms with van der Waals surface area (Å²) in [5, 5.41) is 11.5. The Morgan fingerprint density at radius 1 is 1.36 bits per heavy atom. The fourth-order valence-electron chi connectivity index (χ4n) is 0.931. The maximum absolute atomic E-state index is 8.59. The zero-order chi connectivity index (χ0) is 9.80. The van der Waals surface area contributed by atoms with E-state index >= 15 is 0 Å². The van der Waals surface area contributed by atoms with Crippen molar-refractivity contribution in [2.24, 2.45) is 0 Å². The summed E-state index contributed by atoms with van der Waals surface area (Å²) in [7, 11) is 0. The molecule has 2 aromatic heterocycles. The second kappa shape index (κ2) is 4.27. The molecule has 0 aromatic carbocycles. The predicted octanol–water partition coefficient (Wildman–Crippen LogP) is 3.17. The van der Waals surface area contributed by atoms with Gasteiger partial charge in [0.1, 0.15) is 11.1 Å². The van der Waals surface area contributed by atoms with E-state index in [2.05, 4.69) is 11.1 Å². The van der Waals surface area contributed by atoms with Gasteiger partial charge in [0.15, 0.2) is 0 Å². The van der Waals surface area contributed by atoms with E-state index in [9.17, 15) is 0 Å². The molecular formula is C10H6N2S2. The predicted molar refractivity (Wildman–Crippen MR) is 57.4 cm³/mol. The first kappa shape index (κ1) is 9.25. The zero-order valence-corrected chi connectivity index (χ0v) is 8.81. The van der Waals surface area contributed by atoms with Crippen molar-refractivity contribution in [3.8, 4) is 6.07 Å². The van der Waals surface area contributed by atoms with Crippen LogP contribution in [-0.4, -0.2) is 4.98 Å². The fraction of sp³-hybridized carbons (Fsp3) is 0. The third-order valence-corrected chi connectivity index (χ3v) is 3.55. The molecule has 0 aliphatic heterocycles. The molecule has 2 aromatic rings. The summed E-state index contributed by atoms with van der Waals surface area (Å²) in [5.41, 5.74) is 0.598. The summed E-state index contributed by atoms with van der Waals surface area (Å²) < 4.78 is 1.21. The molecule has 0 atom stereocenters. The molecule has 0 aliphatic rings. The maximum Gasteiger partial charge on any atom is 0.102 e. The highest BCUT2D eigenvalue weighted by molar-refractivity contribution is 8.01. The van der Waals surface area contributed by atoms with E-state index in [1.54, 1.807) is 35.4 Å². The first-order valence-corrected chi connectivity index (χ1v) is 5.65. The van der Waals surface area contributed by atoms with Crippen LogP contribution < -0.4 is 0 Å². The number of hydrogen-bond acceptors (Lipinski definition) is 4. The SMILES string of the molecule is N#Cc1ccc(Sc2cccs2)nc1. The number of rotatable bonds is 2. The van der Waals surface area contributed by atoms with Gasteiger partial charge in [0.25, 0.3) is 0 Å². The van der Waals surface area contributed by atoms with E-state index < -0.39 is 0 Å². The van der Waals surface area contributed by atoms with Crippen LogP contribution in [0.5, 0.6) is 0 Å². The van der Waals surface area contributed by atoms with Crippen LogP contribution in [0.25, 0.3) is 0 Å². The highest BCUT2D eigenvalue weighted by atomic mass is 32.2. The highest BCUT2D eigenvalue weighted by Crippen LogP contribution is 2.29. The summed E-state index contributed by atoms with van der Waals surface area (Å²) >= 11 is 3.30. The maximum atomic E-state index is 8.59. The minimum Gasteiger partial charge on any atom is -0.248 e. The van der Waals surface area contributed by atoms with Gasteiger partial charge in [0.2, 0.25) is 0 Å². The molecule has 0 spiro atoms. The zero-order valence-electron chi connectivity index (χ0n) is 7.18. The van der Waals surface area contributed by atoms with Crippen LogP contribution in [0.1, 0.15) is 5.56 Å². The fourth-order valence-corrected chi connectivity index (χ4v) is 2.59. The number of aromatic nitrogens is 1. The van der Waals surface area contributed by atoms with Crippen LogP contribution in [0.4, 0.5) is 0 Å². The Kier molecular flexibility index (Phi) is 2.82. The lowest BCUT2D eigenvalue weighted by molar-refractivity contribution is 1.12. The number of nitriles is 1. The molecular weight excluding hydrogens is 212 g/mol. The van der Waals surface area contributed by atoms with E-state index in [0.717, 1.165) is 5.03 Å². The minimum atomic E-state index is 0.598. The standard InChI is InChI=1S/C10H6N2S2/c11-6-8-3-4-9(12-7-8)14-10-2-1-5-13-10/h1-5,7H. The summed E-state index contributed by atoms with van der Waals surface area (Å²) in [6.45, 7) is 0. The number of nitrogens with zero attached hydrogens (tertiary/aromatic N) is 2. The summed E-state index contributed by atoms with van der Waals surface area (Å²) in [6, 6.07) is 9.75. The van der Waals surface area contributed by atoms with Crippen LogP contribution in [-0.2, 0) is 0 Å². The van der Waals surface area contributed by atoms with E-state index in [0.29, 0.717) is 5.56 Å². The Hall–Kier alpha value is -1.31. The van der Waals surface area contributed by atoms with Gasteiger partial charge in [-0.2, -0.15) is 5.26 Å². The van der Waals surface area contributed by atoms with Crippen molar-refractivity contribution in [1.29, 1.82) is 5.26 Å². The minimum absolute atomic E-state index is 0.598. The summed E-state index contributed by atoms with van der Waals surface area (Å²) in [5.74, 6) is 0. The van der Waals surface area contributed by atoms with Gasteiger partial charge in [-0.1, -0.05) is 17.8 Å². The molecule has 0 saturated carbocycles. The van der Waals surface area contributed by atoms with Crippen molar-refractivity contribution in [3.05, 3.63) is 41.4 Å². The lowest BCUT2D eigenvalue weighted by Gasteiger charge is -1.96. The van der Waals surface area contributed by atoms with Crippen LogP contribution in [0.3, 0.4) is 0 Å². The van der Waals surface area contributed by atoms with Crippen molar-refractivity contribution < 1.29 is 0 Å². The third-order valence-electron chi connectivity index (χ3n) is 1.57. The molecule has 0 bridgehead atoms. The molecule has 14 heavy (non-hydrogen) atoms. The van der Waals surface area contributed by atoms with Gasteiger partial charge in [-0.15, -0.1) is 11.3 Å². The van der Waals surface area contributed by atoms with Crippen molar-refractivity contribution in [3.63, 3.8) is 0 Å². The van der Waals surface area contributed by atoms with Crippen LogP contribution in [0.15, 0.2) is 45.1 Å². The molecule has 2 rings (SSSR count). The molecule has 4 heteroatoms. The van der Waals surface area contributed by atoms with Gasteiger partial charge in [0, 0.05) is 6.20 Å². The Bertz CT molecular complexity index is 440. The van der Waals surface area contributed by atoms with E-state index in [1.807, 2.05) is 23.6 Å². The topological polar surface area (TPSA) is 36.7 Å². The second-order valence-electron chi connectivity index (χ2n) is 2.53. The van der Waals surface area contributed by atoms with Crippen LogP contribution in [0.2, 0.25) is 0 Å². The molecule has 0 unspecified atom stereocenters. The molecule has 0 N–H and O–H groups in total. The quantitative estimate of drug-likeness (QED) is 0.776. The first-order chi connectivity index (χ1) is 6.88. The Labute approximate surface area is 90.2 Å². The van der Waals surface area contributed by atoms with Crippen LogP contribution in [0, 0.1) is 11.3 Å². The van der Waals surface area contributed by atoms with Crippen LogP contribution >= 0.6 is 23.1 Å². The molecule has 68 valence electrons. The molecule has 0 saturated heterocycles. The largest absolute Gasteiger partial charge is 0.248 e. The Morgan fingerprint density at radius 2 is 2.29 bits per heavy atom. The van der Waals surface area contributed by atoms with E-state index in [4.69, 9.17) is 5.26 Å². The summed E-state index contributed by atoms with van der Waals surface area (Å²) in [6.07, 6.45) is 1.59. The monoisotopic (exact) mass is 218 g/mol. The smallest absolute Gasteiger partial charge is 0.102 e. The lowest BCUT2D eigenvalue weighted by atomic mass is 10.3. The molecule has 2 heterocycles. The van der Waals surface area contributed by atoms with Gasteiger partial charge in [-0.25, -0.2) is 4.98 Å². The van der Waals surface area contributed by atoms with Gasteiger partial charge >= 0.3 is 0 Å². The average Bonchev–Trinajstić information content (AvgIpc) is 2.72. The molecule has 0 radical (unpaired) electrons. The van der Waals surface area contributed by atoms with Crippen molar-refractivity contribution in [2.45, 2.75) is 9.24 Å². The van der Waals surface area contributed by atoms with E-state index in [1.165, 1.54) is 4.21 Å². The molecule has 2 nitrogen and oxygen atoms in total. The third kappa shape index (κ3) is 2.13.